The largest absolute Gasteiger partial charge is 0.481 e. The molecule has 0 radical (unpaired) electrons. The Hall–Kier alpha value is -3.21. The Labute approximate surface area is 164 Å². The Morgan fingerprint density at radius 2 is 1.82 bits per heavy atom. The van der Waals surface area contributed by atoms with Gasteiger partial charge in [-0.15, -0.1) is 5.92 Å². The molecule has 1 unspecified atom stereocenters. The number of rotatable bonds is 8. The summed E-state index contributed by atoms with van der Waals surface area (Å²) >= 11 is 0. The topological polar surface area (TPSA) is 114 Å². The van der Waals surface area contributed by atoms with E-state index in [1.54, 1.807) is 52.0 Å². The molecule has 0 aromatic heterocycles. The summed E-state index contributed by atoms with van der Waals surface area (Å²) < 4.78 is 10.6. The zero-order valence-corrected chi connectivity index (χ0v) is 16.5. The van der Waals surface area contributed by atoms with Gasteiger partial charge in [-0.1, -0.05) is 18.1 Å². The minimum atomic E-state index is -1.18. The number of hydrogen-bond donors (Lipinski definition) is 3. The van der Waals surface area contributed by atoms with E-state index < -0.39 is 36.2 Å². The van der Waals surface area contributed by atoms with Crippen molar-refractivity contribution >= 4 is 18.0 Å². The fourth-order valence-electron chi connectivity index (χ4n) is 2.09. The Bertz CT molecular complexity index is 741. The summed E-state index contributed by atoms with van der Waals surface area (Å²) in [6, 6.07) is 5.97. The molecule has 0 aliphatic heterocycles. The van der Waals surface area contributed by atoms with E-state index in [1.165, 1.54) is 0 Å². The Morgan fingerprint density at radius 3 is 2.36 bits per heavy atom. The molecule has 1 rings (SSSR count). The number of ether oxygens (including phenoxy) is 2. The summed E-state index contributed by atoms with van der Waals surface area (Å²) in [6.45, 7) is 6.56. The molecule has 0 spiro atoms. The molecule has 152 valence electrons. The molecule has 1 aromatic rings. The fraction of sp³-hybridized carbons (Fsp3) is 0.450. The van der Waals surface area contributed by atoms with Crippen LogP contribution in [-0.2, 0) is 20.7 Å². The molecule has 0 heterocycles. The number of amides is 2. The normalized spacial score (nSPS) is 11.4. The molecule has 0 aliphatic rings. The van der Waals surface area contributed by atoms with E-state index in [2.05, 4.69) is 22.5 Å². The van der Waals surface area contributed by atoms with Gasteiger partial charge in [0.2, 0.25) is 5.91 Å². The van der Waals surface area contributed by atoms with Gasteiger partial charge in [-0.05, 0) is 45.4 Å². The zero-order valence-electron chi connectivity index (χ0n) is 16.5. The van der Waals surface area contributed by atoms with Crippen LogP contribution in [0.2, 0.25) is 0 Å². The molecular weight excluding hydrogens is 364 g/mol. The number of carboxylic acid groups (broad SMARTS) is 1. The summed E-state index contributed by atoms with van der Waals surface area (Å²) in [5, 5.41) is 13.5. The van der Waals surface area contributed by atoms with Gasteiger partial charge in [-0.3, -0.25) is 9.59 Å². The van der Waals surface area contributed by atoms with Crippen molar-refractivity contribution in [2.24, 2.45) is 0 Å². The highest BCUT2D eigenvalue weighted by atomic mass is 16.6. The van der Waals surface area contributed by atoms with Crippen molar-refractivity contribution < 1.29 is 29.0 Å². The molecule has 3 N–H and O–H groups in total. The first-order valence-corrected chi connectivity index (χ1v) is 8.71. The number of carboxylic acids is 1. The predicted octanol–water partition coefficient (Wildman–Crippen LogP) is 1.73. The maximum absolute atomic E-state index is 12.3. The first-order chi connectivity index (χ1) is 13.1. The van der Waals surface area contributed by atoms with Crippen LogP contribution in [0.25, 0.3) is 0 Å². The highest BCUT2D eigenvalue weighted by molar-refractivity contribution is 5.88. The number of benzene rings is 1. The van der Waals surface area contributed by atoms with Crippen LogP contribution in [0.3, 0.4) is 0 Å². The van der Waals surface area contributed by atoms with Crippen LogP contribution >= 0.6 is 0 Å². The number of alkyl carbamates (subject to hydrolysis) is 1. The van der Waals surface area contributed by atoms with Crippen molar-refractivity contribution in [1.82, 2.24) is 10.6 Å². The summed E-state index contributed by atoms with van der Waals surface area (Å²) in [6.07, 6.45) is -0.610. The standard InChI is InChI=1S/C20H26N2O6/c1-5-6-11-27-15-9-7-14(8-10-15)12-16(18(25)21-13-17(23)24)22-19(26)28-20(2,3)4/h7-10,16H,11-13H2,1-4H3,(H,21,25)(H,22,26)(H,23,24). The average Bonchev–Trinajstić information content (AvgIpc) is 2.59. The Kier molecular flexibility index (Phi) is 8.82. The molecule has 0 fully saturated rings. The van der Waals surface area contributed by atoms with E-state index >= 15 is 0 Å². The summed E-state index contributed by atoms with van der Waals surface area (Å²) in [5.74, 6) is 4.34. The van der Waals surface area contributed by atoms with Gasteiger partial charge in [0.15, 0.2) is 0 Å². The van der Waals surface area contributed by atoms with E-state index in [-0.39, 0.29) is 13.0 Å². The van der Waals surface area contributed by atoms with Crippen LogP contribution in [0.15, 0.2) is 24.3 Å². The van der Waals surface area contributed by atoms with Crippen molar-refractivity contribution in [3.05, 3.63) is 29.8 Å². The lowest BCUT2D eigenvalue weighted by Crippen LogP contribution is -2.50. The third-order valence-electron chi connectivity index (χ3n) is 3.27. The molecule has 1 atom stereocenters. The number of aliphatic carboxylic acids is 1. The van der Waals surface area contributed by atoms with Gasteiger partial charge in [-0.2, -0.15) is 0 Å². The van der Waals surface area contributed by atoms with Crippen molar-refractivity contribution in [2.45, 2.75) is 45.8 Å². The molecule has 1 aromatic carbocycles. The van der Waals surface area contributed by atoms with Gasteiger partial charge in [0.1, 0.15) is 30.5 Å². The van der Waals surface area contributed by atoms with E-state index in [0.29, 0.717) is 5.75 Å². The van der Waals surface area contributed by atoms with Gasteiger partial charge in [0, 0.05) is 6.42 Å². The van der Waals surface area contributed by atoms with E-state index in [0.717, 1.165) is 5.56 Å². The first kappa shape index (κ1) is 22.8. The van der Waals surface area contributed by atoms with Crippen LogP contribution in [0.1, 0.15) is 33.3 Å². The molecule has 28 heavy (non-hydrogen) atoms. The monoisotopic (exact) mass is 390 g/mol. The van der Waals surface area contributed by atoms with Crippen LogP contribution in [-0.4, -0.2) is 47.9 Å². The zero-order chi connectivity index (χ0) is 21.2. The lowest BCUT2D eigenvalue weighted by Gasteiger charge is -2.23. The van der Waals surface area contributed by atoms with Crippen molar-refractivity contribution in [1.29, 1.82) is 0 Å². The molecule has 0 saturated heterocycles. The smallest absolute Gasteiger partial charge is 0.408 e. The van der Waals surface area contributed by atoms with E-state index in [4.69, 9.17) is 14.6 Å². The van der Waals surface area contributed by atoms with Gasteiger partial charge >= 0.3 is 12.1 Å². The molecular formula is C20H26N2O6. The van der Waals surface area contributed by atoms with Gasteiger partial charge in [0.05, 0.1) is 0 Å². The van der Waals surface area contributed by atoms with E-state index in [1.807, 2.05) is 0 Å². The maximum Gasteiger partial charge on any atom is 0.408 e. The molecule has 0 bridgehead atoms. The lowest BCUT2D eigenvalue weighted by molar-refractivity contribution is -0.138. The van der Waals surface area contributed by atoms with Crippen LogP contribution in [0, 0.1) is 11.8 Å². The maximum atomic E-state index is 12.3. The third-order valence-corrected chi connectivity index (χ3v) is 3.27. The summed E-state index contributed by atoms with van der Waals surface area (Å²) in [5.41, 5.74) is 0.0208. The van der Waals surface area contributed by atoms with Crippen LogP contribution in [0.4, 0.5) is 4.79 Å². The number of nitrogens with one attached hydrogen (secondary N) is 2. The fourth-order valence-corrected chi connectivity index (χ4v) is 2.09. The minimum absolute atomic E-state index is 0.153. The quantitative estimate of drug-likeness (QED) is 0.583. The van der Waals surface area contributed by atoms with Gasteiger partial charge in [-0.25, -0.2) is 4.79 Å². The van der Waals surface area contributed by atoms with E-state index in [9.17, 15) is 14.4 Å². The number of carbonyl (C=O) groups excluding carboxylic acids is 2. The molecule has 2 amide bonds. The SMILES string of the molecule is CC#CCOc1ccc(CC(NC(=O)OC(C)(C)C)C(=O)NCC(=O)O)cc1. The van der Waals surface area contributed by atoms with Gasteiger partial charge in [0.25, 0.3) is 0 Å². The third kappa shape index (κ3) is 9.48. The van der Waals surface area contributed by atoms with Crippen molar-refractivity contribution in [3.63, 3.8) is 0 Å². The first-order valence-electron chi connectivity index (χ1n) is 8.71. The highest BCUT2D eigenvalue weighted by Crippen LogP contribution is 2.14. The predicted molar refractivity (Wildman–Crippen MR) is 103 cm³/mol. The second kappa shape index (κ2) is 10.8. The Balaban J connectivity index is 2.82. The van der Waals surface area contributed by atoms with Crippen LogP contribution in [0.5, 0.6) is 5.75 Å². The number of carbonyl (C=O) groups is 3. The average molecular weight is 390 g/mol. The summed E-state index contributed by atoms with van der Waals surface area (Å²) in [4.78, 5) is 35.0. The highest BCUT2D eigenvalue weighted by Gasteiger charge is 2.25. The number of hydrogen-bond acceptors (Lipinski definition) is 5. The van der Waals surface area contributed by atoms with Crippen molar-refractivity contribution in [3.8, 4) is 17.6 Å². The second-order valence-electron chi connectivity index (χ2n) is 6.87. The molecule has 0 saturated carbocycles. The molecule has 0 aliphatic carbocycles. The molecule has 8 nitrogen and oxygen atoms in total. The lowest BCUT2D eigenvalue weighted by atomic mass is 10.1. The summed E-state index contributed by atoms with van der Waals surface area (Å²) in [7, 11) is 0. The van der Waals surface area contributed by atoms with Gasteiger partial charge < -0.3 is 25.2 Å². The minimum Gasteiger partial charge on any atom is -0.481 e. The Morgan fingerprint density at radius 1 is 1.18 bits per heavy atom. The van der Waals surface area contributed by atoms with Crippen LogP contribution < -0.4 is 15.4 Å². The second-order valence-corrected chi connectivity index (χ2v) is 6.87. The van der Waals surface area contributed by atoms with Crippen molar-refractivity contribution in [2.75, 3.05) is 13.2 Å². The molecule has 8 heteroatoms.